The number of carbonyl (C=O) groups excluding carboxylic acids is 1. The summed E-state index contributed by atoms with van der Waals surface area (Å²) in [5.41, 5.74) is 8.02. The second kappa shape index (κ2) is 11.9. The molecule has 33 heavy (non-hydrogen) atoms. The van der Waals surface area contributed by atoms with E-state index >= 15 is 0 Å². The Balaban J connectivity index is 0.00000385. The van der Waals surface area contributed by atoms with Crippen LogP contribution < -0.4 is 11.1 Å². The molecule has 4 nitrogen and oxygen atoms in total. The monoisotopic (exact) mass is 480 g/mol. The van der Waals surface area contributed by atoms with Crippen LogP contribution in [0, 0.1) is 17.6 Å². The van der Waals surface area contributed by atoms with Crippen molar-refractivity contribution in [3.8, 4) is 0 Å². The van der Waals surface area contributed by atoms with Gasteiger partial charge in [-0.15, -0.1) is 12.4 Å². The lowest BCUT2D eigenvalue weighted by molar-refractivity contribution is -0.125. The number of nitrogens with two attached hydrogens (primary N) is 1. The highest BCUT2D eigenvalue weighted by Gasteiger charge is 2.35. The third-order valence-corrected chi connectivity index (χ3v) is 6.67. The summed E-state index contributed by atoms with van der Waals surface area (Å²) in [6.07, 6.45) is 4.11. The Bertz CT molecular complexity index is 912. The highest BCUT2D eigenvalue weighted by atomic mass is 35.5. The Morgan fingerprint density at radius 1 is 1.09 bits per heavy atom. The zero-order valence-electron chi connectivity index (χ0n) is 19.3. The van der Waals surface area contributed by atoms with E-state index in [1.807, 2.05) is 0 Å². The second-order valence-corrected chi connectivity index (χ2v) is 9.36. The van der Waals surface area contributed by atoms with Crippen LogP contribution in [0.5, 0.6) is 0 Å². The summed E-state index contributed by atoms with van der Waals surface area (Å²) >= 11 is 0. The third kappa shape index (κ3) is 6.98. The molecule has 0 radical (unpaired) electrons. The molecular weight excluding hydrogens is 446 g/mol. The van der Waals surface area contributed by atoms with Crippen LogP contribution >= 0.6 is 12.4 Å². The first-order chi connectivity index (χ1) is 15.2. The molecule has 0 aromatic heterocycles. The molecule has 2 aromatic carbocycles. The fourth-order valence-corrected chi connectivity index (χ4v) is 4.77. The number of carbonyl (C=O) groups is 1. The number of aliphatic hydroxyl groups excluding tert-OH is 1. The standard InChI is InChI=1S/C26H34F2N2O2.ClH/c1-17(2)19-7-6-8-20(14-19)26(9-4-3-5-10-26)30-16-24(31)23(25(29)32)13-18-11-21(27)15-22(28)12-18;/h6-8,11-12,14-15,17,23-24,30-31H,3-5,9-10,13,16H2,1-2H3,(H2,29,32);1H. The first-order valence-corrected chi connectivity index (χ1v) is 11.5. The molecule has 3 rings (SSSR count). The van der Waals surface area contributed by atoms with Gasteiger partial charge in [0.25, 0.3) is 0 Å². The number of aliphatic hydroxyl groups is 1. The van der Waals surface area contributed by atoms with Gasteiger partial charge in [-0.1, -0.05) is 57.4 Å². The van der Waals surface area contributed by atoms with Gasteiger partial charge in [-0.25, -0.2) is 8.78 Å². The number of primary amides is 1. The predicted octanol–water partition coefficient (Wildman–Crippen LogP) is 4.96. The summed E-state index contributed by atoms with van der Waals surface area (Å²) in [5, 5.41) is 14.4. The molecule has 1 saturated carbocycles. The van der Waals surface area contributed by atoms with Gasteiger partial charge in [-0.3, -0.25) is 4.79 Å². The molecular formula is C26H35ClF2N2O2. The molecule has 1 fully saturated rings. The quantitative estimate of drug-likeness (QED) is 0.474. The maximum atomic E-state index is 13.6. The van der Waals surface area contributed by atoms with E-state index in [-0.39, 0.29) is 30.9 Å². The third-order valence-electron chi connectivity index (χ3n) is 6.67. The van der Waals surface area contributed by atoms with Crippen LogP contribution in [0.1, 0.15) is 68.6 Å². The number of hydrogen-bond acceptors (Lipinski definition) is 3. The van der Waals surface area contributed by atoms with Crippen LogP contribution in [0.4, 0.5) is 8.78 Å². The first kappa shape index (κ1) is 27.2. The number of halogens is 3. The largest absolute Gasteiger partial charge is 0.391 e. The molecule has 1 aliphatic carbocycles. The van der Waals surface area contributed by atoms with E-state index < -0.39 is 29.6 Å². The molecule has 2 aromatic rings. The van der Waals surface area contributed by atoms with Gasteiger partial charge in [0.05, 0.1) is 12.0 Å². The Hall–Kier alpha value is -2.02. The van der Waals surface area contributed by atoms with Crippen molar-refractivity contribution >= 4 is 18.3 Å². The highest BCUT2D eigenvalue weighted by molar-refractivity contribution is 5.85. The van der Waals surface area contributed by atoms with Crippen LogP contribution in [-0.2, 0) is 16.8 Å². The van der Waals surface area contributed by atoms with E-state index in [9.17, 15) is 18.7 Å². The maximum Gasteiger partial charge on any atom is 0.223 e. The van der Waals surface area contributed by atoms with E-state index in [0.29, 0.717) is 11.5 Å². The molecule has 0 aliphatic heterocycles. The van der Waals surface area contributed by atoms with E-state index in [1.165, 1.54) is 29.7 Å². The number of benzene rings is 2. The lowest BCUT2D eigenvalue weighted by atomic mass is 9.75. The molecule has 182 valence electrons. The molecule has 0 bridgehead atoms. The van der Waals surface area contributed by atoms with Gasteiger partial charge in [0.2, 0.25) is 5.91 Å². The van der Waals surface area contributed by atoms with Crippen LogP contribution in [-0.4, -0.2) is 23.7 Å². The fraction of sp³-hybridized carbons (Fsp3) is 0.500. The minimum absolute atomic E-state index is 0. The average Bonchev–Trinajstić information content (AvgIpc) is 2.75. The van der Waals surface area contributed by atoms with Crippen molar-refractivity contribution in [2.75, 3.05) is 6.54 Å². The van der Waals surface area contributed by atoms with Crippen LogP contribution in [0.15, 0.2) is 42.5 Å². The Morgan fingerprint density at radius 2 is 1.73 bits per heavy atom. The zero-order valence-corrected chi connectivity index (χ0v) is 20.1. The summed E-state index contributed by atoms with van der Waals surface area (Å²) in [5.74, 6) is -2.68. The predicted molar refractivity (Wildman–Crippen MR) is 129 cm³/mol. The molecule has 2 unspecified atom stereocenters. The number of rotatable bonds is 9. The summed E-state index contributed by atoms with van der Waals surface area (Å²) in [6.45, 7) is 4.49. The number of amides is 1. The minimum atomic E-state index is -1.08. The van der Waals surface area contributed by atoms with Gasteiger partial charge in [-0.2, -0.15) is 0 Å². The summed E-state index contributed by atoms with van der Waals surface area (Å²) in [4.78, 5) is 12.1. The second-order valence-electron chi connectivity index (χ2n) is 9.36. The van der Waals surface area contributed by atoms with E-state index in [0.717, 1.165) is 31.7 Å². The average molecular weight is 481 g/mol. The van der Waals surface area contributed by atoms with Gasteiger partial charge >= 0.3 is 0 Å². The van der Waals surface area contributed by atoms with Gasteiger partial charge in [0, 0.05) is 18.2 Å². The molecule has 1 amide bonds. The molecule has 0 heterocycles. The molecule has 0 saturated heterocycles. The van der Waals surface area contributed by atoms with Gasteiger partial charge in [0.1, 0.15) is 11.6 Å². The number of nitrogens with one attached hydrogen (secondary N) is 1. The lowest BCUT2D eigenvalue weighted by Gasteiger charge is -2.40. The molecule has 0 spiro atoms. The van der Waals surface area contributed by atoms with Crippen molar-refractivity contribution in [1.29, 1.82) is 0 Å². The normalized spacial score (nSPS) is 17.3. The Kier molecular flexibility index (Phi) is 9.83. The van der Waals surface area contributed by atoms with Crippen molar-refractivity contribution in [2.24, 2.45) is 11.7 Å². The summed E-state index contributed by atoms with van der Waals surface area (Å²) in [7, 11) is 0. The summed E-state index contributed by atoms with van der Waals surface area (Å²) in [6, 6.07) is 11.7. The van der Waals surface area contributed by atoms with Crippen molar-refractivity contribution in [2.45, 2.75) is 69.9 Å². The zero-order chi connectivity index (χ0) is 23.3. The SMILES string of the molecule is CC(C)c1cccc(C2(NCC(O)C(Cc3cc(F)cc(F)c3)C(N)=O)CCCCC2)c1.Cl. The topological polar surface area (TPSA) is 75.3 Å². The van der Waals surface area contributed by atoms with Crippen LogP contribution in [0.3, 0.4) is 0 Å². The molecule has 7 heteroatoms. The van der Waals surface area contributed by atoms with Crippen molar-refractivity contribution in [3.05, 3.63) is 70.8 Å². The van der Waals surface area contributed by atoms with Crippen molar-refractivity contribution in [3.63, 3.8) is 0 Å². The van der Waals surface area contributed by atoms with Crippen molar-refractivity contribution in [1.82, 2.24) is 5.32 Å². The van der Waals surface area contributed by atoms with Crippen LogP contribution in [0.2, 0.25) is 0 Å². The molecule has 1 aliphatic rings. The molecule has 4 N–H and O–H groups in total. The van der Waals surface area contributed by atoms with Gasteiger partial charge in [-0.05, 0) is 54.0 Å². The highest BCUT2D eigenvalue weighted by Crippen LogP contribution is 2.38. The van der Waals surface area contributed by atoms with E-state index in [4.69, 9.17) is 5.73 Å². The first-order valence-electron chi connectivity index (χ1n) is 11.5. The number of hydrogen-bond donors (Lipinski definition) is 3. The van der Waals surface area contributed by atoms with E-state index in [2.05, 4.69) is 43.4 Å². The maximum absolute atomic E-state index is 13.6. The van der Waals surface area contributed by atoms with Crippen molar-refractivity contribution < 1.29 is 18.7 Å². The Labute approximate surface area is 201 Å². The van der Waals surface area contributed by atoms with Crippen LogP contribution in [0.25, 0.3) is 0 Å². The Morgan fingerprint density at radius 3 is 2.30 bits per heavy atom. The fourth-order valence-electron chi connectivity index (χ4n) is 4.77. The lowest BCUT2D eigenvalue weighted by Crippen LogP contribution is -2.50. The van der Waals surface area contributed by atoms with Gasteiger partial charge in [0.15, 0.2) is 0 Å². The minimum Gasteiger partial charge on any atom is -0.391 e. The van der Waals surface area contributed by atoms with Gasteiger partial charge < -0.3 is 16.2 Å². The summed E-state index contributed by atoms with van der Waals surface area (Å²) < 4.78 is 27.1. The molecule has 2 atom stereocenters. The van der Waals surface area contributed by atoms with E-state index in [1.54, 1.807) is 0 Å². The smallest absolute Gasteiger partial charge is 0.223 e.